The molecule has 0 aliphatic carbocycles. The predicted octanol–water partition coefficient (Wildman–Crippen LogP) is 3.67. The van der Waals surface area contributed by atoms with Crippen molar-refractivity contribution in [2.75, 3.05) is 5.75 Å². The molecular formula is C15H17N3OS2. The van der Waals surface area contributed by atoms with Gasteiger partial charge in [-0.05, 0) is 19.4 Å². The number of carbonyl (C=O) groups excluding carboxylic acids is 1. The summed E-state index contributed by atoms with van der Waals surface area (Å²) >= 11 is 3.17. The van der Waals surface area contributed by atoms with E-state index >= 15 is 0 Å². The van der Waals surface area contributed by atoms with E-state index in [2.05, 4.69) is 36.3 Å². The molecule has 0 fully saturated rings. The third-order valence-electron chi connectivity index (χ3n) is 3.43. The van der Waals surface area contributed by atoms with Crippen LogP contribution in [0.3, 0.4) is 0 Å². The molecule has 0 spiro atoms. The van der Waals surface area contributed by atoms with Gasteiger partial charge in [0.15, 0.2) is 5.16 Å². The van der Waals surface area contributed by atoms with Gasteiger partial charge < -0.3 is 5.32 Å². The number of allylic oxidation sites excluding steroid dienone is 2. The van der Waals surface area contributed by atoms with Gasteiger partial charge in [-0.1, -0.05) is 23.9 Å². The number of hydrogen-bond acceptors (Lipinski definition) is 5. The lowest BCUT2D eigenvalue weighted by molar-refractivity contribution is 0.0931. The summed E-state index contributed by atoms with van der Waals surface area (Å²) in [5.74, 6) is 0.815. The summed E-state index contributed by atoms with van der Waals surface area (Å²) in [4.78, 5) is 16.5. The Morgan fingerprint density at radius 3 is 3.00 bits per heavy atom. The summed E-state index contributed by atoms with van der Waals surface area (Å²) < 4.78 is 1.70. The molecule has 1 N–H and O–H groups in total. The molecule has 21 heavy (non-hydrogen) atoms. The highest BCUT2D eigenvalue weighted by molar-refractivity contribution is 7.99. The first-order valence-electron chi connectivity index (χ1n) is 6.71. The minimum absolute atomic E-state index is 0.00596. The van der Waals surface area contributed by atoms with Crippen molar-refractivity contribution >= 4 is 40.0 Å². The average molecular weight is 319 g/mol. The van der Waals surface area contributed by atoms with E-state index in [1.165, 1.54) is 5.57 Å². The first-order valence-corrected chi connectivity index (χ1v) is 8.63. The Hall–Kier alpha value is -1.53. The van der Waals surface area contributed by atoms with Crippen molar-refractivity contribution in [1.29, 1.82) is 0 Å². The Bertz CT molecular complexity index is 756. The molecule has 0 saturated heterocycles. The van der Waals surface area contributed by atoms with Gasteiger partial charge in [0.05, 0.1) is 11.1 Å². The zero-order chi connectivity index (χ0) is 15.0. The minimum atomic E-state index is -0.121. The molecule has 1 unspecified atom stereocenters. The van der Waals surface area contributed by atoms with Crippen LogP contribution in [-0.2, 0) is 0 Å². The first-order chi connectivity index (χ1) is 9.98. The van der Waals surface area contributed by atoms with Crippen LogP contribution in [0, 0.1) is 0 Å². The number of dihydropyridines is 1. The molecule has 0 saturated carbocycles. The van der Waals surface area contributed by atoms with Crippen molar-refractivity contribution in [2.24, 2.45) is 0 Å². The lowest BCUT2D eigenvalue weighted by Crippen LogP contribution is -2.41. The van der Waals surface area contributed by atoms with Gasteiger partial charge in [0.25, 0.3) is 0 Å². The van der Waals surface area contributed by atoms with E-state index in [9.17, 15) is 4.79 Å². The zero-order valence-electron chi connectivity index (χ0n) is 12.2. The maximum absolute atomic E-state index is 11.9. The first kappa shape index (κ1) is 14.4. The van der Waals surface area contributed by atoms with Gasteiger partial charge in [0.2, 0.25) is 5.91 Å². The molecule has 0 bridgehead atoms. The van der Waals surface area contributed by atoms with Crippen LogP contribution in [0.5, 0.6) is 0 Å². The van der Waals surface area contributed by atoms with Gasteiger partial charge >= 0.3 is 0 Å². The number of hydrogen-bond donors (Lipinski definition) is 1. The van der Waals surface area contributed by atoms with Crippen LogP contribution in [0.25, 0.3) is 11.0 Å². The summed E-state index contributed by atoms with van der Waals surface area (Å²) in [6.07, 6.45) is 6.31. The Kier molecular flexibility index (Phi) is 3.67. The molecule has 2 aromatic heterocycles. The van der Waals surface area contributed by atoms with Gasteiger partial charge in [-0.2, -0.15) is 0 Å². The second-order valence-corrected chi connectivity index (χ2v) is 7.15. The van der Waals surface area contributed by atoms with Crippen LogP contribution < -0.4 is 5.32 Å². The van der Waals surface area contributed by atoms with E-state index in [0.29, 0.717) is 0 Å². The molecule has 0 radical (unpaired) electrons. The summed E-state index contributed by atoms with van der Waals surface area (Å²) in [5.41, 5.74) is 2.89. The molecule has 1 atom stereocenters. The number of thiophene rings is 1. The molecule has 4 nitrogen and oxygen atoms in total. The normalized spacial score (nSPS) is 21.4. The van der Waals surface area contributed by atoms with Crippen LogP contribution in [0.2, 0.25) is 0 Å². The van der Waals surface area contributed by atoms with Gasteiger partial charge in [-0.15, -0.1) is 11.3 Å². The fourth-order valence-electron chi connectivity index (χ4n) is 2.19. The van der Waals surface area contributed by atoms with E-state index in [0.717, 1.165) is 21.9 Å². The standard InChI is InChI=1S/C15H17N3OS2/c1-10-4-5-15(3,16-6-10)9-21-14-17-12-7-20-8-13(12)18(14)11(2)19/h4-8,16H,9H2,1-3H3. The van der Waals surface area contributed by atoms with Gasteiger partial charge in [-0.3, -0.25) is 9.36 Å². The summed E-state index contributed by atoms with van der Waals surface area (Å²) in [6, 6.07) is 0. The number of nitrogens with one attached hydrogen (secondary N) is 1. The molecule has 0 amide bonds. The topological polar surface area (TPSA) is 46.9 Å². The van der Waals surface area contributed by atoms with E-state index in [1.807, 2.05) is 17.0 Å². The van der Waals surface area contributed by atoms with Crippen LogP contribution >= 0.6 is 23.1 Å². The lowest BCUT2D eigenvalue weighted by atomic mass is 10.0. The average Bonchev–Trinajstić information content (AvgIpc) is 3.00. The van der Waals surface area contributed by atoms with Crippen LogP contribution in [0.4, 0.5) is 0 Å². The number of nitrogens with zero attached hydrogens (tertiary/aromatic N) is 2. The minimum Gasteiger partial charge on any atom is -0.381 e. The predicted molar refractivity (Wildman–Crippen MR) is 89.1 cm³/mol. The Labute approximate surface area is 131 Å². The number of rotatable bonds is 3. The van der Waals surface area contributed by atoms with E-state index in [4.69, 9.17) is 0 Å². The number of fused-ring (bicyclic) bond motifs is 1. The molecule has 1 aliphatic rings. The fraction of sp³-hybridized carbons (Fsp3) is 0.333. The highest BCUT2D eigenvalue weighted by atomic mass is 32.2. The molecule has 6 heteroatoms. The number of imidazole rings is 1. The molecule has 110 valence electrons. The second kappa shape index (κ2) is 5.35. The lowest BCUT2D eigenvalue weighted by Gasteiger charge is -2.29. The van der Waals surface area contributed by atoms with Crippen molar-refractivity contribution in [2.45, 2.75) is 31.5 Å². The van der Waals surface area contributed by atoms with Gasteiger partial charge in [0, 0.05) is 29.6 Å². The summed E-state index contributed by atoms with van der Waals surface area (Å²) in [5, 5.41) is 8.12. The Balaban J connectivity index is 1.82. The molecule has 1 aliphatic heterocycles. The number of aromatic nitrogens is 2. The highest BCUT2D eigenvalue weighted by Crippen LogP contribution is 2.29. The third-order valence-corrected chi connectivity index (χ3v) is 5.42. The summed E-state index contributed by atoms with van der Waals surface area (Å²) in [7, 11) is 0. The fourth-order valence-corrected chi connectivity index (χ4v) is 4.04. The second-order valence-electron chi connectivity index (χ2n) is 5.46. The smallest absolute Gasteiger partial charge is 0.230 e. The van der Waals surface area contributed by atoms with E-state index in [1.54, 1.807) is 34.6 Å². The van der Waals surface area contributed by atoms with Crippen molar-refractivity contribution in [3.63, 3.8) is 0 Å². The van der Waals surface area contributed by atoms with E-state index in [-0.39, 0.29) is 11.4 Å². The van der Waals surface area contributed by atoms with Gasteiger partial charge in [-0.25, -0.2) is 4.98 Å². The summed E-state index contributed by atoms with van der Waals surface area (Å²) in [6.45, 7) is 5.78. The SMILES string of the molecule is CC(=O)n1c(SCC2(C)C=CC(C)=CN2)nc2cscc21. The molecule has 3 heterocycles. The molecule has 0 aromatic carbocycles. The zero-order valence-corrected chi connectivity index (χ0v) is 13.8. The maximum Gasteiger partial charge on any atom is 0.230 e. The third kappa shape index (κ3) is 2.78. The van der Waals surface area contributed by atoms with Crippen molar-refractivity contribution in [3.8, 4) is 0 Å². The Morgan fingerprint density at radius 2 is 2.33 bits per heavy atom. The molecule has 2 aromatic rings. The van der Waals surface area contributed by atoms with Crippen molar-refractivity contribution < 1.29 is 4.79 Å². The Morgan fingerprint density at radius 1 is 1.52 bits per heavy atom. The number of carbonyl (C=O) groups is 1. The quantitative estimate of drug-likeness (QED) is 0.877. The van der Waals surface area contributed by atoms with Crippen LogP contribution in [0.1, 0.15) is 25.6 Å². The van der Waals surface area contributed by atoms with Crippen molar-refractivity contribution in [1.82, 2.24) is 14.9 Å². The van der Waals surface area contributed by atoms with Crippen LogP contribution in [-0.4, -0.2) is 26.8 Å². The van der Waals surface area contributed by atoms with Gasteiger partial charge in [0.1, 0.15) is 5.52 Å². The highest BCUT2D eigenvalue weighted by Gasteiger charge is 2.24. The van der Waals surface area contributed by atoms with E-state index < -0.39 is 0 Å². The molecular weight excluding hydrogens is 302 g/mol. The maximum atomic E-state index is 11.9. The van der Waals surface area contributed by atoms with Crippen molar-refractivity contribution in [3.05, 3.63) is 34.7 Å². The molecule has 3 rings (SSSR count). The monoisotopic (exact) mass is 319 g/mol. The number of thioether (sulfide) groups is 1. The largest absolute Gasteiger partial charge is 0.381 e. The van der Waals surface area contributed by atoms with Crippen LogP contribution in [0.15, 0.2) is 39.8 Å².